The summed E-state index contributed by atoms with van der Waals surface area (Å²) in [5, 5.41) is 0. The first-order valence-electron chi connectivity index (χ1n) is 5.95. The first-order chi connectivity index (χ1) is 8.45. The molecule has 0 radical (unpaired) electrons. The Labute approximate surface area is 104 Å². The van der Waals surface area contributed by atoms with Gasteiger partial charge < -0.3 is 4.74 Å². The monoisotopic (exact) mass is 259 g/mol. The van der Waals surface area contributed by atoms with Gasteiger partial charge >= 0.3 is 6.18 Å². The summed E-state index contributed by atoms with van der Waals surface area (Å²) in [5.41, 5.74) is 0.304. The van der Waals surface area contributed by atoms with Crippen LogP contribution in [0.5, 0.6) is 0 Å². The highest BCUT2D eigenvalue weighted by Crippen LogP contribution is 2.29. The van der Waals surface area contributed by atoms with Crippen molar-refractivity contribution in [3.63, 3.8) is 0 Å². The topological polar surface area (TPSA) is 12.5 Å². The van der Waals surface area contributed by atoms with Gasteiger partial charge in [0.05, 0.1) is 18.3 Å². The molecule has 1 aliphatic heterocycles. The Morgan fingerprint density at radius 3 is 2.50 bits per heavy atom. The molecule has 1 aromatic carbocycles. The minimum absolute atomic E-state index is 0.188. The minimum Gasteiger partial charge on any atom is -0.376 e. The summed E-state index contributed by atoms with van der Waals surface area (Å²) < 4.78 is 42.6. The number of hydrogen-bond acceptors (Lipinski definition) is 2. The van der Waals surface area contributed by atoms with Crippen LogP contribution < -0.4 is 0 Å². The van der Waals surface area contributed by atoms with Crippen molar-refractivity contribution in [2.45, 2.75) is 25.7 Å². The Hall–Kier alpha value is -1.07. The molecule has 1 fully saturated rings. The van der Waals surface area contributed by atoms with Crippen LogP contribution >= 0.6 is 0 Å². The van der Waals surface area contributed by atoms with Crippen molar-refractivity contribution in [3.8, 4) is 0 Å². The van der Waals surface area contributed by atoms with Gasteiger partial charge in [0, 0.05) is 19.6 Å². The Bertz CT molecular complexity index is 388. The van der Waals surface area contributed by atoms with E-state index in [1.54, 1.807) is 12.1 Å². The molecule has 2 rings (SSSR count). The average Bonchev–Trinajstić information content (AvgIpc) is 2.28. The molecule has 0 aliphatic carbocycles. The first kappa shape index (κ1) is 13.4. The summed E-state index contributed by atoms with van der Waals surface area (Å²) in [6.45, 7) is 5.00. The largest absolute Gasteiger partial charge is 0.416 e. The molecule has 1 saturated heterocycles. The number of halogens is 3. The number of hydrogen-bond donors (Lipinski definition) is 0. The highest BCUT2D eigenvalue weighted by atomic mass is 19.4. The average molecular weight is 259 g/mol. The van der Waals surface area contributed by atoms with E-state index >= 15 is 0 Å². The van der Waals surface area contributed by atoms with Crippen molar-refractivity contribution in [1.82, 2.24) is 4.90 Å². The van der Waals surface area contributed by atoms with E-state index in [1.165, 1.54) is 0 Å². The number of rotatable bonds is 2. The van der Waals surface area contributed by atoms with E-state index in [1.807, 2.05) is 6.92 Å². The van der Waals surface area contributed by atoms with Gasteiger partial charge in [-0.05, 0) is 24.6 Å². The van der Waals surface area contributed by atoms with Crippen LogP contribution in [0.1, 0.15) is 18.1 Å². The molecule has 1 heterocycles. The van der Waals surface area contributed by atoms with Gasteiger partial charge in [0.1, 0.15) is 0 Å². The molecule has 5 heteroatoms. The molecule has 1 unspecified atom stereocenters. The van der Waals surface area contributed by atoms with E-state index in [4.69, 9.17) is 4.74 Å². The normalized spacial score (nSPS) is 22.1. The molecule has 100 valence electrons. The lowest BCUT2D eigenvalue weighted by Gasteiger charge is -2.31. The van der Waals surface area contributed by atoms with Gasteiger partial charge in [-0.25, -0.2) is 0 Å². The maximum atomic E-state index is 12.4. The number of ether oxygens (including phenoxy) is 1. The van der Waals surface area contributed by atoms with Crippen molar-refractivity contribution < 1.29 is 17.9 Å². The Kier molecular flexibility index (Phi) is 3.92. The zero-order chi connectivity index (χ0) is 13.2. The SMILES string of the molecule is CC1CN(Cc2ccc(C(F)(F)F)cc2)CCO1. The number of morpholine rings is 1. The van der Waals surface area contributed by atoms with Gasteiger partial charge in [0.15, 0.2) is 0 Å². The third kappa shape index (κ3) is 3.46. The zero-order valence-corrected chi connectivity index (χ0v) is 10.2. The van der Waals surface area contributed by atoms with Crippen LogP contribution in [0.25, 0.3) is 0 Å². The fraction of sp³-hybridized carbons (Fsp3) is 0.538. The summed E-state index contributed by atoms with van der Waals surface area (Å²) in [7, 11) is 0. The maximum Gasteiger partial charge on any atom is 0.416 e. The van der Waals surface area contributed by atoms with Crippen molar-refractivity contribution in [2.75, 3.05) is 19.7 Å². The fourth-order valence-electron chi connectivity index (χ4n) is 2.09. The Morgan fingerprint density at radius 1 is 1.28 bits per heavy atom. The van der Waals surface area contributed by atoms with Crippen LogP contribution in [-0.4, -0.2) is 30.7 Å². The van der Waals surface area contributed by atoms with E-state index in [-0.39, 0.29) is 6.10 Å². The van der Waals surface area contributed by atoms with Gasteiger partial charge in [0.2, 0.25) is 0 Å². The van der Waals surface area contributed by atoms with Gasteiger partial charge in [-0.2, -0.15) is 13.2 Å². The highest BCUT2D eigenvalue weighted by Gasteiger charge is 2.30. The fourth-order valence-corrected chi connectivity index (χ4v) is 2.09. The predicted molar refractivity (Wildman–Crippen MR) is 62.1 cm³/mol. The lowest BCUT2D eigenvalue weighted by molar-refractivity contribution is -0.137. The second-order valence-corrected chi connectivity index (χ2v) is 4.61. The molecular formula is C13H16F3NO. The lowest BCUT2D eigenvalue weighted by Crippen LogP contribution is -2.40. The Morgan fingerprint density at radius 2 is 1.94 bits per heavy atom. The van der Waals surface area contributed by atoms with Gasteiger partial charge in [-0.1, -0.05) is 12.1 Å². The molecule has 1 aliphatic rings. The van der Waals surface area contributed by atoms with Crippen LogP contribution in [0, 0.1) is 0 Å². The third-order valence-corrected chi connectivity index (χ3v) is 3.01. The molecule has 1 atom stereocenters. The van der Waals surface area contributed by atoms with Gasteiger partial charge in [0.25, 0.3) is 0 Å². The standard InChI is InChI=1S/C13H16F3NO/c1-10-8-17(6-7-18-10)9-11-2-4-12(5-3-11)13(14,15)16/h2-5,10H,6-9H2,1H3. The van der Waals surface area contributed by atoms with Crippen molar-refractivity contribution >= 4 is 0 Å². The van der Waals surface area contributed by atoms with E-state index < -0.39 is 11.7 Å². The van der Waals surface area contributed by atoms with E-state index in [9.17, 15) is 13.2 Å². The number of benzene rings is 1. The molecular weight excluding hydrogens is 243 g/mol. The lowest BCUT2D eigenvalue weighted by atomic mass is 10.1. The summed E-state index contributed by atoms with van der Waals surface area (Å²) in [4.78, 5) is 2.19. The van der Waals surface area contributed by atoms with Crippen molar-refractivity contribution in [1.29, 1.82) is 0 Å². The number of nitrogens with zero attached hydrogens (tertiary/aromatic N) is 1. The molecule has 0 saturated carbocycles. The molecule has 2 nitrogen and oxygen atoms in total. The van der Waals surface area contributed by atoms with Gasteiger partial charge in [-0.15, -0.1) is 0 Å². The van der Waals surface area contributed by atoms with E-state index in [2.05, 4.69) is 4.90 Å². The van der Waals surface area contributed by atoms with Crippen LogP contribution in [0.4, 0.5) is 13.2 Å². The minimum atomic E-state index is -4.26. The molecule has 0 N–H and O–H groups in total. The zero-order valence-electron chi connectivity index (χ0n) is 10.2. The summed E-state index contributed by atoms with van der Waals surface area (Å²) in [6.07, 6.45) is -4.07. The second kappa shape index (κ2) is 5.28. The molecule has 0 aromatic heterocycles. The quantitative estimate of drug-likeness (QED) is 0.809. The summed E-state index contributed by atoms with van der Waals surface area (Å²) in [5.74, 6) is 0. The van der Waals surface area contributed by atoms with E-state index in [0.717, 1.165) is 30.8 Å². The third-order valence-electron chi connectivity index (χ3n) is 3.01. The first-order valence-corrected chi connectivity index (χ1v) is 5.95. The molecule has 18 heavy (non-hydrogen) atoms. The highest BCUT2D eigenvalue weighted by molar-refractivity contribution is 5.24. The summed E-state index contributed by atoms with van der Waals surface area (Å²) in [6, 6.07) is 5.37. The second-order valence-electron chi connectivity index (χ2n) is 4.61. The van der Waals surface area contributed by atoms with Gasteiger partial charge in [-0.3, -0.25) is 4.90 Å². The molecule has 1 aromatic rings. The van der Waals surface area contributed by atoms with Crippen LogP contribution in [-0.2, 0) is 17.5 Å². The Balaban J connectivity index is 1.98. The molecule has 0 bridgehead atoms. The van der Waals surface area contributed by atoms with Crippen LogP contribution in [0.3, 0.4) is 0 Å². The van der Waals surface area contributed by atoms with E-state index in [0.29, 0.717) is 13.2 Å². The van der Waals surface area contributed by atoms with Crippen LogP contribution in [0.15, 0.2) is 24.3 Å². The maximum absolute atomic E-state index is 12.4. The number of alkyl halides is 3. The van der Waals surface area contributed by atoms with Crippen molar-refractivity contribution in [3.05, 3.63) is 35.4 Å². The summed E-state index contributed by atoms with van der Waals surface area (Å²) >= 11 is 0. The molecule has 0 spiro atoms. The predicted octanol–water partition coefficient (Wildman–Crippen LogP) is 2.93. The van der Waals surface area contributed by atoms with Crippen LogP contribution in [0.2, 0.25) is 0 Å². The smallest absolute Gasteiger partial charge is 0.376 e. The van der Waals surface area contributed by atoms with Crippen molar-refractivity contribution in [2.24, 2.45) is 0 Å². The molecule has 0 amide bonds.